The van der Waals surface area contributed by atoms with E-state index in [1.165, 1.54) is 0 Å². The molecule has 2 aliphatic rings. The van der Waals surface area contributed by atoms with Gasteiger partial charge >= 0.3 is 11.7 Å². The standard InChI is InChI=1S/C22H21N5O4/c1-12-8-16-17(9-13(12)2)27(19-18(24-16)20(28)26-22(31)25-19)7-6-23-11-14-4-3-5-15(10-14)21(29)30/h3-5,8-10,23H,6-7,11H2,1-2H3,(H,29,30)(H,26,28,31). The zero-order valence-electron chi connectivity index (χ0n) is 17.1. The quantitative estimate of drug-likeness (QED) is 0.320. The van der Waals surface area contributed by atoms with Gasteiger partial charge in [0.25, 0.3) is 5.56 Å². The van der Waals surface area contributed by atoms with Gasteiger partial charge in [-0.05, 0) is 54.8 Å². The minimum Gasteiger partial charge on any atom is -0.478 e. The average molecular weight is 419 g/mol. The fourth-order valence-corrected chi connectivity index (χ4v) is 3.51. The molecule has 0 amide bonds. The van der Waals surface area contributed by atoms with Crippen LogP contribution in [0, 0.1) is 13.8 Å². The second-order valence-corrected chi connectivity index (χ2v) is 7.41. The largest absolute Gasteiger partial charge is 0.478 e. The highest BCUT2D eigenvalue weighted by Gasteiger charge is 2.19. The second kappa shape index (κ2) is 8.11. The summed E-state index contributed by atoms with van der Waals surface area (Å²) in [6, 6.07) is 10.6. The fourth-order valence-electron chi connectivity index (χ4n) is 3.51. The molecule has 2 aliphatic heterocycles. The van der Waals surface area contributed by atoms with E-state index in [0.717, 1.165) is 22.2 Å². The highest BCUT2D eigenvalue weighted by atomic mass is 16.4. The number of fused-ring (bicyclic) bond motifs is 2. The number of aromatic amines is 1. The first kappa shape index (κ1) is 20.4. The molecule has 3 N–H and O–H groups in total. The Morgan fingerprint density at radius 1 is 1.13 bits per heavy atom. The molecule has 0 saturated heterocycles. The van der Waals surface area contributed by atoms with Gasteiger partial charge in [-0.2, -0.15) is 4.98 Å². The van der Waals surface area contributed by atoms with Crippen LogP contribution in [0.15, 0.2) is 46.0 Å². The fraction of sp³-hybridized carbons (Fsp3) is 0.227. The SMILES string of the molecule is Cc1cc2nc3c(=O)[nH]c(=O)nc-3n(CCNCc3cccc(C(=O)O)c3)c2cc1C. The number of carbonyl (C=O) groups is 1. The van der Waals surface area contributed by atoms with Gasteiger partial charge in [-0.25, -0.2) is 14.6 Å². The first-order chi connectivity index (χ1) is 14.8. The van der Waals surface area contributed by atoms with Crippen molar-refractivity contribution in [3.8, 4) is 11.5 Å². The first-order valence-corrected chi connectivity index (χ1v) is 9.78. The number of aromatic nitrogens is 4. The van der Waals surface area contributed by atoms with Gasteiger partial charge in [0.05, 0.1) is 16.6 Å². The maximum absolute atomic E-state index is 12.3. The predicted octanol–water partition coefficient (Wildman–Crippen LogP) is 1.69. The van der Waals surface area contributed by atoms with Gasteiger partial charge in [0.15, 0.2) is 11.5 Å². The lowest BCUT2D eigenvalue weighted by Crippen LogP contribution is -2.30. The molecule has 0 spiro atoms. The third kappa shape index (κ3) is 4.08. The third-order valence-electron chi connectivity index (χ3n) is 5.24. The number of carboxylic acid groups (broad SMARTS) is 1. The Morgan fingerprint density at radius 3 is 2.68 bits per heavy atom. The van der Waals surface area contributed by atoms with Gasteiger partial charge < -0.3 is 15.0 Å². The Hall–Kier alpha value is -3.85. The summed E-state index contributed by atoms with van der Waals surface area (Å²) in [5.74, 6) is -0.735. The molecule has 0 aromatic heterocycles. The Bertz CT molecular complexity index is 1390. The van der Waals surface area contributed by atoms with Crippen LogP contribution in [0.3, 0.4) is 0 Å². The molecule has 9 nitrogen and oxygen atoms in total. The highest BCUT2D eigenvalue weighted by Crippen LogP contribution is 2.23. The van der Waals surface area contributed by atoms with Crippen LogP contribution in [0.25, 0.3) is 22.6 Å². The molecular formula is C22H21N5O4. The van der Waals surface area contributed by atoms with Crippen molar-refractivity contribution in [2.24, 2.45) is 0 Å². The molecule has 0 fully saturated rings. The number of nitrogens with zero attached hydrogens (tertiary/aromatic N) is 3. The first-order valence-electron chi connectivity index (χ1n) is 9.78. The molecule has 0 unspecified atom stereocenters. The molecule has 4 rings (SSSR count). The molecule has 0 radical (unpaired) electrons. The van der Waals surface area contributed by atoms with Crippen molar-refractivity contribution in [1.29, 1.82) is 0 Å². The Labute approximate surface area is 176 Å². The lowest BCUT2D eigenvalue weighted by Gasteiger charge is -2.18. The van der Waals surface area contributed by atoms with Gasteiger partial charge in [0.2, 0.25) is 0 Å². The van der Waals surface area contributed by atoms with Crippen LogP contribution in [-0.4, -0.2) is 37.1 Å². The molecular weight excluding hydrogens is 398 g/mol. The highest BCUT2D eigenvalue weighted by molar-refractivity contribution is 5.87. The smallest absolute Gasteiger partial charge is 0.349 e. The lowest BCUT2D eigenvalue weighted by molar-refractivity contribution is 0.0696. The predicted molar refractivity (Wildman–Crippen MR) is 116 cm³/mol. The summed E-state index contributed by atoms with van der Waals surface area (Å²) in [6.07, 6.45) is 0. The summed E-state index contributed by atoms with van der Waals surface area (Å²) in [4.78, 5) is 45.9. The van der Waals surface area contributed by atoms with Crippen LogP contribution in [0.5, 0.6) is 0 Å². The number of aromatic carboxylic acids is 1. The number of nitrogens with one attached hydrogen (secondary N) is 2. The molecule has 9 heteroatoms. The van der Waals surface area contributed by atoms with Crippen molar-refractivity contribution in [1.82, 2.24) is 24.8 Å². The van der Waals surface area contributed by atoms with Crippen molar-refractivity contribution in [3.63, 3.8) is 0 Å². The zero-order valence-corrected chi connectivity index (χ0v) is 17.1. The van der Waals surface area contributed by atoms with Gasteiger partial charge in [-0.15, -0.1) is 0 Å². The number of benzene rings is 2. The van der Waals surface area contributed by atoms with Crippen molar-refractivity contribution >= 4 is 17.0 Å². The maximum Gasteiger partial charge on any atom is 0.349 e. The number of aryl methyl sites for hydroxylation is 2. The summed E-state index contributed by atoms with van der Waals surface area (Å²) < 4.78 is 1.82. The molecule has 2 aromatic rings. The summed E-state index contributed by atoms with van der Waals surface area (Å²) in [7, 11) is 0. The number of hydrogen-bond acceptors (Lipinski definition) is 6. The zero-order chi connectivity index (χ0) is 22.1. The van der Waals surface area contributed by atoms with Crippen molar-refractivity contribution in [3.05, 3.63) is 79.5 Å². The van der Waals surface area contributed by atoms with E-state index < -0.39 is 17.2 Å². The second-order valence-electron chi connectivity index (χ2n) is 7.41. The monoisotopic (exact) mass is 419 g/mol. The van der Waals surface area contributed by atoms with Gasteiger partial charge in [0, 0.05) is 19.6 Å². The van der Waals surface area contributed by atoms with E-state index in [0.29, 0.717) is 25.2 Å². The van der Waals surface area contributed by atoms with Crippen molar-refractivity contribution in [2.45, 2.75) is 26.9 Å². The van der Waals surface area contributed by atoms with Gasteiger partial charge in [-0.1, -0.05) is 12.1 Å². The van der Waals surface area contributed by atoms with Crippen molar-refractivity contribution in [2.75, 3.05) is 6.54 Å². The van der Waals surface area contributed by atoms with Crippen LogP contribution in [0.2, 0.25) is 0 Å². The van der Waals surface area contributed by atoms with Crippen LogP contribution >= 0.6 is 0 Å². The van der Waals surface area contributed by atoms with Crippen LogP contribution < -0.4 is 16.6 Å². The van der Waals surface area contributed by atoms with E-state index in [1.807, 2.05) is 36.6 Å². The molecule has 2 heterocycles. The van der Waals surface area contributed by atoms with E-state index >= 15 is 0 Å². The molecule has 0 aliphatic carbocycles. The average Bonchev–Trinajstić information content (AvgIpc) is 2.72. The van der Waals surface area contributed by atoms with Crippen molar-refractivity contribution < 1.29 is 9.90 Å². The third-order valence-corrected chi connectivity index (χ3v) is 5.24. The molecule has 2 aromatic carbocycles. The van der Waals surface area contributed by atoms with Crippen LogP contribution in [0.4, 0.5) is 0 Å². The molecule has 158 valence electrons. The van der Waals surface area contributed by atoms with Gasteiger partial charge in [0.1, 0.15) is 0 Å². The Morgan fingerprint density at radius 2 is 1.90 bits per heavy atom. The minimum atomic E-state index is -0.970. The maximum atomic E-state index is 12.3. The summed E-state index contributed by atoms with van der Waals surface area (Å²) in [5.41, 5.74) is 3.45. The minimum absolute atomic E-state index is 0.115. The van der Waals surface area contributed by atoms with E-state index in [9.17, 15) is 14.4 Å². The molecule has 31 heavy (non-hydrogen) atoms. The summed E-state index contributed by atoms with van der Waals surface area (Å²) >= 11 is 0. The molecule has 0 bridgehead atoms. The number of carboxylic acids is 1. The van der Waals surface area contributed by atoms with E-state index in [1.54, 1.807) is 18.2 Å². The summed E-state index contributed by atoms with van der Waals surface area (Å²) in [5, 5.41) is 12.4. The Balaban J connectivity index is 1.66. The molecule has 0 atom stereocenters. The number of H-pyrrole nitrogens is 1. The van der Waals surface area contributed by atoms with Gasteiger partial charge in [-0.3, -0.25) is 9.78 Å². The van der Waals surface area contributed by atoms with E-state index in [-0.39, 0.29) is 17.1 Å². The van der Waals surface area contributed by atoms with Crippen LogP contribution in [-0.2, 0) is 13.1 Å². The van der Waals surface area contributed by atoms with E-state index in [4.69, 9.17) is 5.11 Å². The number of hydrogen-bond donors (Lipinski definition) is 3. The molecule has 0 saturated carbocycles. The lowest BCUT2D eigenvalue weighted by atomic mass is 10.1. The van der Waals surface area contributed by atoms with Crippen LogP contribution in [0.1, 0.15) is 27.0 Å². The number of rotatable bonds is 6. The summed E-state index contributed by atoms with van der Waals surface area (Å²) in [6.45, 7) is 5.38. The topological polar surface area (TPSA) is 130 Å². The normalized spacial score (nSPS) is 11.3. The Kier molecular flexibility index (Phi) is 5.35. The van der Waals surface area contributed by atoms with E-state index in [2.05, 4.69) is 20.3 Å².